The largest absolute Gasteiger partial charge is 0.459 e. The number of likely N-dealkylation sites (tertiary alicyclic amines) is 1. The number of fused-ring (bicyclic) bond motifs is 1. The number of hydrogen-bond donors (Lipinski definition) is 1. The van der Waals surface area contributed by atoms with Gasteiger partial charge in [-0.15, -0.1) is 0 Å². The monoisotopic (exact) mass is 367 g/mol. The number of piperidine rings is 1. The number of rotatable bonds is 5. The molecule has 1 atom stereocenters. The number of carbonyl (C=O) groups is 2. The number of nitrogens with one attached hydrogen (secondary N) is 1. The fourth-order valence-electron chi connectivity index (χ4n) is 3.51. The Hall–Kier alpha value is -3.09. The zero-order chi connectivity index (χ0) is 18.6. The standard InChI is InChI=1S/C20H21N3O4/c24-19(11-16-15-6-1-2-7-17(15)27-22-16)23-9-3-5-14(13-23)12-21-20(25)18-8-4-10-26-18/h1-2,4,6-8,10,14H,3,5,9,11-13H2,(H,21,25)/t14-/m1/s1. The first-order valence-electron chi connectivity index (χ1n) is 9.13. The lowest BCUT2D eigenvalue weighted by atomic mass is 9.97. The maximum Gasteiger partial charge on any atom is 0.286 e. The molecule has 2 aromatic heterocycles. The summed E-state index contributed by atoms with van der Waals surface area (Å²) in [7, 11) is 0. The fraction of sp³-hybridized carbons (Fsp3) is 0.350. The third kappa shape index (κ3) is 3.86. The second-order valence-electron chi connectivity index (χ2n) is 6.84. The van der Waals surface area contributed by atoms with Gasteiger partial charge in [-0.25, -0.2) is 0 Å². The van der Waals surface area contributed by atoms with Gasteiger partial charge in [0.05, 0.1) is 12.7 Å². The number of para-hydroxylation sites is 1. The SMILES string of the molecule is O=C(NC[C@H]1CCCN(C(=O)Cc2noc3ccccc23)C1)c1ccco1. The molecule has 1 aromatic carbocycles. The molecule has 4 rings (SSSR count). The summed E-state index contributed by atoms with van der Waals surface area (Å²) in [6.45, 7) is 1.89. The predicted octanol–water partition coefficient (Wildman–Crippen LogP) is 2.63. The van der Waals surface area contributed by atoms with E-state index in [4.69, 9.17) is 8.94 Å². The van der Waals surface area contributed by atoms with Gasteiger partial charge in [0, 0.05) is 25.0 Å². The van der Waals surface area contributed by atoms with E-state index in [1.54, 1.807) is 12.1 Å². The van der Waals surface area contributed by atoms with Crippen LogP contribution in [0, 0.1) is 5.92 Å². The number of aromatic nitrogens is 1. The van der Waals surface area contributed by atoms with Crippen LogP contribution in [0.5, 0.6) is 0 Å². The highest BCUT2D eigenvalue weighted by Gasteiger charge is 2.25. The van der Waals surface area contributed by atoms with Crippen LogP contribution in [0.15, 0.2) is 51.6 Å². The number of carbonyl (C=O) groups excluding carboxylic acids is 2. The van der Waals surface area contributed by atoms with Crippen LogP contribution in [0.1, 0.15) is 29.1 Å². The van der Waals surface area contributed by atoms with E-state index in [-0.39, 0.29) is 24.2 Å². The van der Waals surface area contributed by atoms with E-state index in [0.717, 1.165) is 24.8 Å². The minimum absolute atomic E-state index is 0.0381. The molecule has 7 heteroatoms. The Bertz CT molecular complexity index is 932. The molecule has 140 valence electrons. The predicted molar refractivity (Wildman–Crippen MR) is 98.1 cm³/mol. The molecule has 3 heterocycles. The van der Waals surface area contributed by atoms with E-state index in [1.807, 2.05) is 29.2 Å². The molecule has 1 aliphatic rings. The Labute approximate surface area is 156 Å². The van der Waals surface area contributed by atoms with Gasteiger partial charge in [0.2, 0.25) is 5.91 Å². The van der Waals surface area contributed by atoms with Gasteiger partial charge in [-0.2, -0.15) is 0 Å². The van der Waals surface area contributed by atoms with Gasteiger partial charge < -0.3 is 19.2 Å². The molecule has 1 fully saturated rings. The summed E-state index contributed by atoms with van der Waals surface area (Å²) in [5.74, 6) is 0.348. The molecule has 1 N–H and O–H groups in total. The molecule has 27 heavy (non-hydrogen) atoms. The summed E-state index contributed by atoms with van der Waals surface area (Å²) in [6.07, 6.45) is 3.60. The zero-order valence-electron chi connectivity index (χ0n) is 14.9. The molecule has 3 aromatic rings. The van der Waals surface area contributed by atoms with Crippen molar-refractivity contribution in [3.05, 3.63) is 54.1 Å². The first-order valence-corrected chi connectivity index (χ1v) is 9.13. The van der Waals surface area contributed by atoms with E-state index in [0.29, 0.717) is 30.1 Å². The topological polar surface area (TPSA) is 88.6 Å². The van der Waals surface area contributed by atoms with Crippen LogP contribution in [-0.4, -0.2) is 41.5 Å². The van der Waals surface area contributed by atoms with E-state index < -0.39 is 0 Å². The molecule has 0 unspecified atom stereocenters. The van der Waals surface area contributed by atoms with E-state index in [1.165, 1.54) is 6.26 Å². The molecular weight excluding hydrogens is 346 g/mol. The summed E-state index contributed by atoms with van der Waals surface area (Å²) in [5.41, 5.74) is 1.36. The summed E-state index contributed by atoms with van der Waals surface area (Å²) in [5, 5.41) is 7.81. The van der Waals surface area contributed by atoms with Crippen molar-refractivity contribution in [2.24, 2.45) is 5.92 Å². The van der Waals surface area contributed by atoms with Crippen LogP contribution in [-0.2, 0) is 11.2 Å². The van der Waals surface area contributed by atoms with Crippen molar-refractivity contribution in [3.8, 4) is 0 Å². The van der Waals surface area contributed by atoms with Gasteiger partial charge in [0.25, 0.3) is 5.91 Å². The lowest BCUT2D eigenvalue weighted by Crippen LogP contribution is -2.44. The van der Waals surface area contributed by atoms with Crippen LogP contribution in [0.2, 0.25) is 0 Å². The fourth-order valence-corrected chi connectivity index (χ4v) is 3.51. The van der Waals surface area contributed by atoms with Gasteiger partial charge in [-0.3, -0.25) is 9.59 Å². The Morgan fingerprint density at radius 2 is 2.11 bits per heavy atom. The van der Waals surface area contributed by atoms with Gasteiger partial charge in [0.1, 0.15) is 5.69 Å². The summed E-state index contributed by atoms with van der Waals surface area (Å²) in [4.78, 5) is 26.6. The van der Waals surface area contributed by atoms with Crippen LogP contribution < -0.4 is 5.32 Å². The highest BCUT2D eigenvalue weighted by Crippen LogP contribution is 2.21. The van der Waals surface area contributed by atoms with Gasteiger partial charge >= 0.3 is 0 Å². The number of amides is 2. The lowest BCUT2D eigenvalue weighted by Gasteiger charge is -2.32. The molecular formula is C20H21N3O4. The van der Waals surface area contributed by atoms with Crippen molar-refractivity contribution in [2.75, 3.05) is 19.6 Å². The number of benzene rings is 1. The van der Waals surface area contributed by atoms with Crippen LogP contribution in [0.4, 0.5) is 0 Å². The third-order valence-electron chi connectivity index (χ3n) is 4.94. The minimum Gasteiger partial charge on any atom is -0.459 e. The van der Waals surface area contributed by atoms with Crippen molar-refractivity contribution in [2.45, 2.75) is 19.3 Å². The summed E-state index contributed by atoms with van der Waals surface area (Å²) < 4.78 is 10.4. The Morgan fingerprint density at radius 3 is 2.96 bits per heavy atom. The number of furan rings is 1. The van der Waals surface area contributed by atoms with Crippen LogP contribution in [0.3, 0.4) is 0 Å². The molecule has 0 saturated carbocycles. The van der Waals surface area contributed by atoms with Crippen LogP contribution in [0.25, 0.3) is 11.0 Å². The average molecular weight is 367 g/mol. The van der Waals surface area contributed by atoms with Crippen molar-refractivity contribution in [3.63, 3.8) is 0 Å². The molecule has 1 aliphatic heterocycles. The number of nitrogens with zero attached hydrogens (tertiary/aromatic N) is 2. The minimum atomic E-state index is -0.225. The molecule has 2 amide bonds. The molecule has 0 aliphatic carbocycles. The molecule has 1 saturated heterocycles. The van der Waals surface area contributed by atoms with E-state index in [2.05, 4.69) is 10.5 Å². The lowest BCUT2D eigenvalue weighted by molar-refractivity contribution is -0.132. The Kier molecular flexibility index (Phi) is 4.91. The average Bonchev–Trinajstić information content (AvgIpc) is 3.37. The van der Waals surface area contributed by atoms with Gasteiger partial charge in [0.15, 0.2) is 11.3 Å². The molecule has 7 nitrogen and oxygen atoms in total. The molecule has 0 spiro atoms. The van der Waals surface area contributed by atoms with Gasteiger partial charge in [-0.05, 0) is 43.0 Å². The van der Waals surface area contributed by atoms with E-state index >= 15 is 0 Å². The summed E-state index contributed by atoms with van der Waals surface area (Å²) >= 11 is 0. The zero-order valence-corrected chi connectivity index (χ0v) is 14.9. The maximum atomic E-state index is 12.7. The Morgan fingerprint density at radius 1 is 1.22 bits per heavy atom. The van der Waals surface area contributed by atoms with Crippen molar-refractivity contribution in [1.29, 1.82) is 0 Å². The first-order chi connectivity index (χ1) is 13.2. The second-order valence-corrected chi connectivity index (χ2v) is 6.84. The summed E-state index contributed by atoms with van der Waals surface area (Å²) in [6, 6.07) is 10.9. The molecule has 0 bridgehead atoms. The smallest absolute Gasteiger partial charge is 0.286 e. The van der Waals surface area contributed by atoms with Crippen molar-refractivity contribution >= 4 is 22.8 Å². The highest BCUT2D eigenvalue weighted by molar-refractivity contribution is 5.91. The quantitative estimate of drug-likeness (QED) is 0.749. The third-order valence-corrected chi connectivity index (χ3v) is 4.94. The van der Waals surface area contributed by atoms with Gasteiger partial charge in [-0.1, -0.05) is 17.3 Å². The molecule has 0 radical (unpaired) electrons. The number of hydrogen-bond acceptors (Lipinski definition) is 5. The highest BCUT2D eigenvalue weighted by atomic mass is 16.5. The Balaban J connectivity index is 1.33. The second kappa shape index (κ2) is 7.65. The first kappa shape index (κ1) is 17.3. The maximum absolute atomic E-state index is 12.7. The van der Waals surface area contributed by atoms with Crippen molar-refractivity contribution < 1.29 is 18.5 Å². The van der Waals surface area contributed by atoms with Crippen LogP contribution >= 0.6 is 0 Å². The normalized spacial score (nSPS) is 17.2. The van der Waals surface area contributed by atoms with E-state index in [9.17, 15) is 9.59 Å². The van der Waals surface area contributed by atoms with Crippen molar-refractivity contribution in [1.82, 2.24) is 15.4 Å².